The summed E-state index contributed by atoms with van der Waals surface area (Å²) in [5.41, 5.74) is -0.271. The first-order chi connectivity index (χ1) is 9.09. The number of benzene rings is 1. The van der Waals surface area contributed by atoms with Gasteiger partial charge in [-0.05, 0) is 58.2 Å². The third-order valence-corrected chi connectivity index (χ3v) is 3.98. The van der Waals surface area contributed by atoms with E-state index in [0.717, 1.165) is 12.5 Å². The van der Waals surface area contributed by atoms with E-state index < -0.39 is 23.3 Å². The molecule has 1 N–H and O–H groups in total. The van der Waals surface area contributed by atoms with Gasteiger partial charge in [0.25, 0.3) is 0 Å². The lowest BCUT2D eigenvalue weighted by atomic mass is 9.81. The fourth-order valence-electron chi connectivity index (χ4n) is 3.32. The Morgan fingerprint density at radius 3 is 2.20 bits per heavy atom. The van der Waals surface area contributed by atoms with Gasteiger partial charge in [-0.2, -0.15) is 0 Å². The molecule has 0 amide bonds. The Labute approximate surface area is 118 Å². The van der Waals surface area contributed by atoms with Crippen LogP contribution in [-0.4, -0.2) is 22.4 Å². The van der Waals surface area contributed by atoms with Crippen LogP contribution >= 0.6 is 0 Å². The average molecular weight is 284 g/mol. The first kappa shape index (κ1) is 15.4. The van der Waals surface area contributed by atoms with Gasteiger partial charge in [0.15, 0.2) is 0 Å². The fourth-order valence-corrected chi connectivity index (χ4v) is 3.32. The number of hydrogen-bond donors (Lipinski definition) is 1. The molecule has 1 aliphatic heterocycles. The van der Waals surface area contributed by atoms with Crippen LogP contribution in [0.15, 0.2) is 18.2 Å². The van der Waals surface area contributed by atoms with Crippen molar-refractivity contribution in [3.63, 3.8) is 0 Å². The largest absolute Gasteiger partial charge is 0.392 e. The zero-order chi connectivity index (χ0) is 15.1. The number of rotatable bonds is 3. The molecule has 0 aliphatic carbocycles. The van der Waals surface area contributed by atoms with E-state index >= 15 is 0 Å². The van der Waals surface area contributed by atoms with Crippen molar-refractivity contribution in [3.05, 3.63) is 35.4 Å². The van der Waals surface area contributed by atoms with E-state index in [1.165, 1.54) is 12.1 Å². The predicted molar refractivity (Wildman–Crippen MR) is 73.4 cm³/mol. The third kappa shape index (κ3) is 3.36. The van der Waals surface area contributed by atoms with E-state index in [2.05, 4.69) is 0 Å². The van der Waals surface area contributed by atoms with Crippen molar-refractivity contribution >= 4 is 0 Å². The molecule has 0 radical (unpaired) electrons. The second kappa shape index (κ2) is 5.08. The number of aliphatic hydroxyl groups excluding tert-OH is 1. The highest BCUT2D eigenvalue weighted by molar-refractivity contribution is 5.19. The lowest BCUT2D eigenvalue weighted by Crippen LogP contribution is -2.37. The number of aliphatic hydroxyl groups is 1. The summed E-state index contributed by atoms with van der Waals surface area (Å²) < 4.78 is 32.3. The molecule has 2 rings (SSSR count). The summed E-state index contributed by atoms with van der Waals surface area (Å²) in [7, 11) is 0. The van der Waals surface area contributed by atoms with Gasteiger partial charge in [-0.3, -0.25) is 0 Å². The highest BCUT2D eigenvalue weighted by atomic mass is 19.1. The standard InChI is InChI=1S/C16H22F2O2/c1-15(2)9-13(16(3,4)20-15)14(19)7-10-5-11(17)8-12(18)6-10/h5-6,8,13-14,19H,7,9H2,1-4H3. The third-order valence-electron chi connectivity index (χ3n) is 3.98. The molecule has 0 spiro atoms. The Hall–Kier alpha value is -1.00. The Morgan fingerprint density at radius 2 is 1.75 bits per heavy atom. The first-order valence-electron chi connectivity index (χ1n) is 6.92. The maximum absolute atomic E-state index is 13.2. The Morgan fingerprint density at radius 1 is 1.20 bits per heavy atom. The van der Waals surface area contributed by atoms with Crippen molar-refractivity contribution < 1.29 is 18.6 Å². The topological polar surface area (TPSA) is 29.5 Å². The van der Waals surface area contributed by atoms with E-state index in [1.807, 2.05) is 27.7 Å². The molecule has 0 aromatic heterocycles. The molecule has 1 heterocycles. The van der Waals surface area contributed by atoms with Crippen LogP contribution < -0.4 is 0 Å². The van der Waals surface area contributed by atoms with Crippen molar-refractivity contribution in [2.75, 3.05) is 0 Å². The number of ether oxygens (including phenoxy) is 1. The minimum absolute atomic E-state index is 0.0659. The van der Waals surface area contributed by atoms with Crippen LogP contribution in [-0.2, 0) is 11.2 Å². The van der Waals surface area contributed by atoms with Crippen LogP contribution in [0, 0.1) is 17.6 Å². The van der Waals surface area contributed by atoms with E-state index in [-0.39, 0.29) is 17.9 Å². The van der Waals surface area contributed by atoms with Gasteiger partial charge in [0.05, 0.1) is 17.3 Å². The summed E-state index contributed by atoms with van der Waals surface area (Å²) in [6.45, 7) is 7.87. The summed E-state index contributed by atoms with van der Waals surface area (Å²) in [5, 5.41) is 10.4. The van der Waals surface area contributed by atoms with Crippen LogP contribution in [0.4, 0.5) is 8.78 Å². The van der Waals surface area contributed by atoms with Crippen LogP contribution in [0.25, 0.3) is 0 Å². The molecule has 0 bridgehead atoms. The molecule has 1 aliphatic rings. The summed E-state index contributed by atoms with van der Waals surface area (Å²) in [6.07, 6.45) is 0.259. The normalized spacial score (nSPS) is 25.6. The van der Waals surface area contributed by atoms with Gasteiger partial charge in [-0.1, -0.05) is 0 Å². The molecule has 1 fully saturated rings. The quantitative estimate of drug-likeness (QED) is 0.921. The molecule has 4 heteroatoms. The summed E-state index contributed by atoms with van der Waals surface area (Å²) >= 11 is 0. The molecule has 2 atom stereocenters. The van der Waals surface area contributed by atoms with Crippen molar-refractivity contribution in [1.29, 1.82) is 0 Å². The van der Waals surface area contributed by atoms with Crippen LogP contribution in [0.3, 0.4) is 0 Å². The average Bonchev–Trinajstić information content (AvgIpc) is 2.44. The molecule has 1 aromatic rings. The molecule has 0 saturated carbocycles. The molecule has 1 saturated heterocycles. The molecule has 20 heavy (non-hydrogen) atoms. The summed E-state index contributed by atoms with van der Waals surface area (Å²) in [5.74, 6) is -1.30. The van der Waals surface area contributed by atoms with Gasteiger partial charge in [-0.25, -0.2) is 8.78 Å². The maximum Gasteiger partial charge on any atom is 0.126 e. The Kier molecular flexibility index (Phi) is 3.91. The van der Waals surface area contributed by atoms with Crippen LogP contribution in [0.2, 0.25) is 0 Å². The Bertz CT molecular complexity index is 477. The van der Waals surface area contributed by atoms with E-state index in [9.17, 15) is 13.9 Å². The van der Waals surface area contributed by atoms with Gasteiger partial charge in [-0.15, -0.1) is 0 Å². The van der Waals surface area contributed by atoms with Crippen molar-refractivity contribution in [2.24, 2.45) is 5.92 Å². The zero-order valence-corrected chi connectivity index (χ0v) is 12.4. The van der Waals surface area contributed by atoms with E-state index in [4.69, 9.17) is 4.74 Å². The maximum atomic E-state index is 13.2. The monoisotopic (exact) mass is 284 g/mol. The van der Waals surface area contributed by atoms with Gasteiger partial charge >= 0.3 is 0 Å². The summed E-state index contributed by atoms with van der Waals surface area (Å²) in [6, 6.07) is 3.36. The van der Waals surface area contributed by atoms with Crippen LogP contribution in [0.1, 0.15) is 39.7 Å². The first-order valence-corrected chi connectivity index (χ1v) is 6.92. The Balaban J connectivity index is 2.14. The second-order valence-electron chi connectivity index (χ2n) is 6.82. The van der Waals surface area contributed by atoms with Gasteiger partial charge in [0.1, 0.15) is 11.6 Å². The lowest BCUT2D eigenvalue weighted by Gasteiger charge is -2.30. The molecule has 2 unspecified atom stereocenters. The van der Waals surface area contributed by atoms with E-state index in [1.54, 1.807) is 0 Å². The molecule has 112 valence electrons. The minimum Gasteiger partial charge on any atom is -0.392 e. The smallest absolute Gasteiger partial charge is 0.126 e. The van der Waals surface area contributed by atoms with Crippen molar-refractivity contribution in [2.45, 2.75) is 57.8 Å². The summed E-state index contributed by atoms with van der Waals surface area (Å²) in [4.78, 5) is 0. The zero-order valence-electron chi connectivity index (χ0n) is 12.4. The van der Waals surface area contributed by atoms with Crippen LogP contribution in [0.5, 0.6) is 0 Å². The molecular formula is C16H22F2O2. The minimum atomic E-state index is -0.687. The van der Waals surface area contributed by atoms with E-state index in [0.29, 0.717) is 5.56 Å². The highest BCUT2D eigenvalue weighted by Gasteiger charge is 2.48. The molecular weight excluding hydrogens is 262 g/mol. The predicted octanol–water partition coefficient (Wildman–Crippen LogP) is 3.46. The SMILES string of the molecule is CC1(C)CC(C(O)Cc2cc(F)cc(F)c2)C(C)(C)O1. The van der Waals surface area contributed by atoms with Gasteiger partial charge in [0, 0.05) is 12.0 Å². The lowest BCUT2D eigenvalue weighted by molar-refractivity contribution is -0.0873. The van der Waals surface area contributed by atoms with Crippen molar-refractivity contribution in [3.8, 4) is 0 Å². The molecule has 2 nitrogen and oxygen atoms in total. The van der Waals surface area contributed by atoms with Gasteiger partial charge < -0.3 is 9.84 Å². The van der Waals surface area contributed by atoms with Gasteiger partial charge in [0.2, 0.25) is 0 Å². The molecule has 1 aromatic carbocycles. The second-order valence-corrected chi connectivity index (χ2v) is 6.82. The highest BCUT2D eigenvalue weighted by Crippen LogP contribution is 2.44. The number of hydrogen-bond acceptors (Lipinski definition) is 2. The van der Waals surface area contributed by atoms with Crippen molar-refractivity contribution in [1.82, 2.24) is 0 Å². The fraction of sp³-hybridized carbons (Fsp3) is 0.625. The number of halogens is 2.